The third-order valence-corrected chi connectivity index (χ3v) is 5.72. The number of fused-ring (bicyclic) bond motifs is 1. The molecule has 3 aromatic rings. The average Bonchev–Trinajstić information content (AvgIpc) is 3.19. The molecule has 1 aromatic heterocycles. The third kappa shape index (κ3) is 3.23. The summed E-state index contributed by atoms with van der Waals surface area (Å²) in [4.78, 5) is 27.0. The van der Waals surface area contributed by atoms with Crippen LogP contribution in [0.5, 0.6) is 11.5 Å². The Labute approximate surface area is 179 Å². The summed E-state index contributed by atoms with van der Waals surface area (Å²) in [6.07, 6.45) is 2.57. The smallest absolute Gasteiger partial charge is 0.273 e. The van der Waals surface area contributed by atoms with Crippen LogP contribution in [-0.2, 0) is 23.1 Å². The fraction of sp³-hybridized carbons (Fsp3) is 0.217. The number of imide groups is 1. The van der Waals surface area contributed by atoms with Gasteiger partial charge in [0.05, 0.1) is 19.8 Å². The van der Waals surface area contributed by atoms with Crippen LogP contribution in [0.25, 0.3) is 16.5 Å². The molecule has 30 heavy (non-hydrogen) atoms. The number of hydrogen-bond donors (Lipinski definition) is 0. The fourth-order valence-electron chi connectivity index (χ4n) is 3.85. The minimum atomic E-state index is -0.480. The summed E-state index contributed by atoms with van der Waals surface area (Å²) in [5.41, 5.74) is 2.88. The molecule has 0 radical (unpaired) electrons. The van der Waals surface area contributed by atoms with Gasteiger partial charge in [-0.15, -0.1) is 0 Å². The van der Waals surface area contributed by atoms with E-state index in [1.807, 2.05) is 42.1 Å². The molecule has 1 aliphatic heterocycles. The highest BCUT2D eigenvalue weighted by Crippen LogP contribution is 2.36. The van der Waals surface area contributed by atoms with Gasteiger partial charge in [-0.05, 0) is 35.7 Å². The van der Waals surface area contributed by atoms with E-state index in [0.29, 0.717) is 23.5 Å². The van der Waals surface area contributed by atoms with Gasteiger partial charge in [-0.2, -0.15) is 0 Å². The third-order valence-electron chi connectivity index (χ3n) is 5.37. The fourth-order valence-corrected chi connectivity index (χ4v) is 4.14. The number of nitrogens with zero attached hydrogens (tertiary/aromatic N) is 2. The van der Waals surface area contributed by atoms with Gasteiger partial charge in [0.2, 0.25) is 0 Å². The quantitative estimate of drug-likeness (QED) is 0.565. The van der Waals surface area contributed by atoms with E-state index in [-0.39, 0.29) is 17.2 Å². The van der Waals surface area contributed by atoms with Crippen LogP contribution in [-0.4, -0.2) is 42.0 Å². The Morgan fingerprint density at radius 1 is 0.967 bits per heavy atom. The van der Waals surface area contributed by atoms with Crippen molar-refractivity contribution in [1.29, 1.82) is 0 Å². The van der Waals surface area contributed by atoms with Crippen LogP contribution in [0.15, 0.2) is 53.7 Å². The maximum Gasteiger partial charge on any atom is 0.273 e. The number of aromatic nitrogens is 1. The lowest BCUT2D eigenvalue weighted by Crippen LogP contribution is -2.33. The van der Waals surface area contributed by atoms with Crippen molar-refractivity contribution >= 4 is 39.9 Å². The van der Waals surface area contributed by atoms with E-state index in [2.05, 4.69) is 0 Å². The summed E-state index contributed by atoms with van der Waals surface area (Å²) >= 11 is 6.29. The summed E-state index contributed by atoms with van der Waals surface area (Å²) in [5, 5.41) is 1.03. The minimum absolute atomic E-state index is 0.0786. The summed E-state index contributed by atoms with van der Waals surface area (Å²) < 4.78 is 12.6. The molecule has 0 atom stereocenters. The maximum atomic E-state index is 13.1. The van der Waals surface area contributed by atoms with E-state index in [0.717, 1.165) is 16.5 Å². The molecule has 6 nitrogen and oxygen atoms in total. The number of rotatable bonds is 6. The van der Waals surface area contributed by atoms with Crippen LogP contribution < -0.4 is 9.47 Å². The van der Waals surface area contributed by atoms with E-state index >= 15 is 0 Å². The number of methoxy groups -OCH3 is 2. The Morgan fingerprint density at radius 2 is 1.70 bits per heavy atom. The molecule has 1 aliphatic rings. The molecule has 0 aliphatic carbocycles. The molecular weight excluding hydrogens is 404 g/mol. The molecule has 0 saturated carbocycles. The number of amides is 2. The van der Waals surface area contributed by atoms with E-state index in [1.54, 1.807) is 18.2 Å². The number of hydrogen-bond acceptors (Lipinski definition) is 4. The standard InChI is InChI=1S/C23H21ClN2O4/c1-25-13-15(16-6-4-5-7-17(16)25)10-11-26-22(27)20(21(24)23(26)28)14-8-9-18(29-2)19(12-14)30-3/h4-9,12-13H,10-11H2,1-3H3. The number of halogens is 1. The van der Waals surface area contributed by atoms with Crippen LogP contribution >= 0.6 is 11.6 Å². The molecule has 7 heteroatoms. The lowest BCUT2D eigenvalue weighted by molar-refractivity contribution is -0.136. The maximum absolute atomic E-state index is 13.1. The second-order valence-electron chi connectivity index (χ2n) is 7.05. The monoisotopic (exact) mass is 424 g/mol. The van der Waals surface area contributed by atoms with Gasteiger partial charge in [-0.1, -0.05) is 35.9 Å². The van der Waals surface area contributed by atoms with E-state index in [1.165, 1.54) is 19.1 Å². The van der Waals surface area contributed by atoms with Gasteiger partial charge >= 0.3 is 0 Å². The summed E-state index contributed by atoms with van der Waals surface area (Å²) in [6, 6.07) is 13.1. The number of ether oxygens (including phenoxy) is 2. The Bertz CT molecular complexity index is 1200. The second-order valence-corrected chi connectivity index (χ2v) is 7.43. The zero-order valence-corrected chi connectivity index (χ0v) is 17.7. The lowest BCUT2D eigenvalue weighted by Gasteiger charge is -2.15. The average molecular weight is 425 g/mol. The van der Waals surface area contributed by atoms with Crippen molar-refractivity contribution in [1.82, 2.24) is 9.47 Å². The SMILES string of the molecule is COc1ccc(C2=C(Cl)C(=O)N(CCc3cn(C)c4ccccc34)C2=O)cc1OC. The van der Waals surface area contributed by atoms with Gasteiger partial charge in [-0.25, -0.2) is 0 Å². The van der Waals surface area contributed by atoms with Gasteiger partial charge < -0.3 is 14.0 Å². The van der Waals surface area contributed by atoms with Gasteiger partial charge in [0.1, 0.15) is 5.03 Å². The van der Waals surface area contributed by atoms with Crippen molar-refractivity contribution < 1.29 is 19.1 Å². The highest BCUT2D eigenvalue weighted by molar-refractivity contribution is 6.55. The molecular formula is C23H21ClN2O4. The summed E-state index contributed by atoms with van der Waals surface area (Å²) in [6.45, 7) is 0.249. The van der Waals surface area contributed by atoms with E-state index < -0.39 is 11.8 Å². The molecule has 0 bridgehead atoms. The number of aryl methyl sites for hydroxylation is 1. The van der Waals surface area contributed by atoms with Crippen LogP contribution in [0, 0.1) is 0 Å². The summed E-state index contributed by atoms with van der Waals surface area (Å²) in [5.74, 6) is 0.105. The zero-order valence-electron chi connectivity index (χ0n) is 16.9. The van der Waals surface area contributed by atoms with Gasteiger partial charge in [-0.3, -0.25) is 14.5 Å². The first-order valence-corrected chi connectivity index (χ1v) is 9.85. The molecule has 0 spiro atoms. The molecule has 0 N–H and O–H groups in total. The molecule has 0 fully saturated rings. The number of carbonyl (C=O) groups excluding carboxylic acids is 2. The van der Waals surface area contributed by atoms with Crippen molar-refractivity contribution in [3.63, 3.8) is 0 Å². The van der Waals surface area contributed by atoms with Gasteiger partial charge in [0.15, 0.2) is 11.5 Å². The Morgan fingerprint density at radius 3 is 2.43 bits per heavy atom. The predicted octanol–water partition coefficient (Wildman–Crippen LogP) is 3.76. The molecule has 2 amide bonds. The van der Waals surface area contributed by atoms with Crippen molar-refractivity contribution in [3.05, 3.63) is 64.8 Å². The van der Waals surface area contributed by atoms with E-state index in [9.17, 15) is 9.59 Å². The van der Waals surface area contributed by atoms with E-state index in [4.69, 9.17) is 21.1 Å². The lowest BCUT2D eigenvalue weighted by atomic mass is 10.1. The first-order chi connectivity index (χ1) is 14.5. The van der Waals surface area contributed by atoms with Crippen molar-refractivity contribution in [2.45, 2.75) is 6.42 Å². The molecule has 0 saturated heterocycles. The molecule has 154 valence electrons. The van der Waals surface area contributed by atoms with Crippen molar-refractivity contribution in [2.24, 2.45) is 7.05 Å². The molecule has 2 aromatic carbocycles. The van der Waals surface area contributed by atoms with Crippen molar-refractivity contribution in [3.8, 4) is 11.5 Å². The number of carbonyl (C=O) groups is 2. The molecule has 4 rings (SSSR count). The Balaban J connectivity index is 1.59. The van der Waals surface area contributed by atoms with Crippen LogP contribution in [0.3, 0.4) is 0 Å². The van der Waals surface area contributed by atoms with Gasteiger partial charge in [0.25, 0.3) is 11.8 Å². The van der Waals surface area contributed by atoms with Crippen LogP contribution in [0.1, 0.15) is 11.1 Å². The zero-order chi connectivity index (χ0) is 21.4. The van der Waals surface area contributed by atoms with Crippen LogP contribution in [0.2, 0.25) is 0 Å². The minimum Gasteiger partial charge on any atom is -0.493 e. The number of para-hydroxylation sites is 1. The summed E-state index contributed by atoms with van der Waals surface area (Å²) in [7, 11) is 5.02. The predicted molar refractivity (Wildman–Crippen MR) is 116 cm³/mol. The molecule has 2 heterocycles. The number of benzene rings is 2. The first kappa shape index (κ1) is 20.0. The largest absolute Gasteiger partial charge is 0.493 e. The van der Waals surface area contributed by atoms with Crippen LogP contribution in [0.4, 0.5) is 0 Å². The Kier molecular flexibility index (Phi) is 5.26. The molecule has 0 unspecified atom stereocenters. The highest BCUT2D eigenvalue weighted by atomic mass is 35.5. The van der Waals surface area contributed by atoms with Gasteiger partial charge in [0, 0.05) is 30.7 Å². The normalized spacial score (nSPS) is 14.2. The Hall–Kier alpha value is -3.25. The van der Waals surface area contributed by atoms with Crippen molar-refractivity contribution in [2.75, 3.05) is 20.8 Å². The second kappa shape index (κ2) is 7.88. The first-order valence-electron chi connectivity index (χ1n) is 9.47. The highest BCUT2D eigenvalue weighted by Gasteiger charge is 2.38. The topological polar surface area (TPSA) is 60.8 Å².